The van der Waals surface area contributed by atoms with Crippen LogP contribution in [0.25, 0.3) is 0 Å². The van der Waals surface area contributed by atoms with Gasteiger partial charge in [0.15, 0.2) is 0 Å². The van der Waals surface area contributed by atoms with E-state index >= 15 is 0 Å². The van der Waals surface area contributed by atoms with Crippen molar-refractivity contribution in [2.24, 2.45) is 0 Å². The number of carbonyl (C=O) groups excluding carboxylic acids is 3. The average Bonchev–Trinajstić information content (AvgIpc) is 2.80. The molecule has 0 aliphatic carbocycles. The molecule has 2 aromatic carbocycles. The van der Waals surface area contributed by atoms with Crippen LogP contribution in [0.3, 0.4) is 0 Å². The molecule has 1 aliphatic rings. The van der Waals surface area contributed by atoms with Crippen LogP contribution in [0.15, 0.2) is 42.5 Å². The highest BCUT2D eigenvalue weighted by atomic mass is 35.5. The van der Waals surface area contributed by atoms with Crippen molar-refractivity contribution in [3.8, 4) is 0 Å². The largest absolute Gasteiger partial charge is 0.462 e. The Balaban J connectivity index is 2.04. The molecule has 5 nitrogen and oxygen atoms in total. The first-order valence-electron chi connectivity index (χ1n) is 6.99. The Morgan fingerprint density at radius 1 is 1.09 bits per heavy atom. The minimum absolute atomic E-state index is 0.113. The molecule has 6 heteroatoms. The normalized spacial score (nSPS) is 13.2. The number of amides is 2. The van der Waals surface area contributed by atoms with Crippen molar-refractivity contribution in [3.05, 3.63) is 64.2 Å². The molecule has 0 fully saturated rings. The summed E-state index contributed by atoms with van der Waals surface area (Å²) in [7, 11) is 0. The van der Waals surface area contributed by atoms with Gasteiger partial charge in [-0.25, -0.2) is 9.69 Å². The van der Waals surface area contributed by atoms with Crippen molar-refractivity contribution in [3.63, 3.8) is 0 Å². The predicted octanol–water partition coefficient (Wildman–Crippen LogP) is 3.32. The van der Waals surface area contributed by atoms with E-state index in [1.165, 1.54) is 18.2 Å². The van der Waals surface area contributed by atoms with Gasteiger partial charge in [-0.15, -0.1) is 0 Å². The summed E-state index contributed by atoms with van der Waals surface area (Å²) in [4.78, 5) is 37.9. The molecule has 0 radical (unpaired) electrons. The lowest BCUT2D eigenvalue weighted by atomic mass is 10.1. The summed E-state index contributed by atoms with van der Waals surface area (Å²) in [5.41, 5.74) is 1.07. The van der Waals surface area contributed by atoms with Crippen LogP contribution in [-0.2, 0) is 4.74 Å². The fraction of sp³-hybridized carbons (Fsp3) is 0.118. The molecule has 0 atom stereocenters. The Kier molecular flexibility index (Phi) is 3.88. The Bertz CT molecular complexity index is 796. The lowest BCUT2D eigenvalue weighted by molar-refractivity contribution is 0.0526. The van der Waals surface area contributed by atoms with Gasteiger partial charge in [0.1, 0.15) is 0 Å². The molecule has 3 rings (SSSR count). The summed E-state index contributed by atoms with van der Waals surface area (Å²) < 4.78 is 4.93. The summed E-state index contributed by atoms with van der Waals surface area (Å²) in [5.74, 6) is -1.46. The molecule has 0 bridgehead atoms. The van der Waals surface area contributed by atoms with Gasteiger partial charge in [0.2, 0.25) is 0 Å². The zero-order valence-corrected chi connectivity index (χ0v) is 13.0. The van der Waals surface area contributed by atoms with Crippen molar-refractivity contribution in [2.75, 3.05) is 11.5 Å². The van der Waals surface area contributed by atoms with Gasteiger partial charge in [-0.1, -0.05) is 23.7 Å². The van der Waals surface area contributed by atoms with Crippen LogP contribution >= 0.6 is 11.6 Å². The Hall–Kier alpha value is -2.66. The second kappa shape index (κ2) is 5.85. The van der Waals surface area contributed by atoms with Crippen LogP contribution in [0.5, 0.6) is 0 Å². The number of rotatable bonds is 3. The third-order valence-corrected chi connectivity index (χ3v) is 3.83. The molecule has 1 heterocycles. The number of benzene rings is 2. The summed E-state index contributed by atoms with van der Waals surface area (Å²) in [5, 5.41) is 0.198. The number of hydrogen-bond donors (Lipinski definition) is 0. The van der Waals surface area contributed by atoms with Crippen molar-refractivity contribution >= 4 is 35.1 Å². The third-order valence-electron chi connectivity index (χ3n) is 3.50. The molecule has 0 aromatic heterocycles. The van der Waals surface area contributed by atoms with Gasteiger partial charge in [-0.3, -0.25) is 9.59 Å². The fourth-order valence-electron chi connectivity index (χ4n) is 2.44. The molecule has 0 saturated heterocycles. The minimum Gasteiger partial charge on any atom is -0.462 e. The second-order valence-electron chi connectivity index (χ2n) is 4.88. The number of halogens is 1. The van der Waals surface area contributed by atoms with Gasteiger partial charge in [0.05, 0.1) is 34.0 Å². The van der Waals surface area contributed by atoms with Crippen LogP contribution < -0.4 is 4.90 Å². The SMILES string of the molecule is CCOC(=O)c1cc(N2C(=O)c3ccccc3C2=O)ccc1Cl. The second-order valence-corrected chi connectivity index (χ2v) is 5.28. The molecule has 0 spiro atoms. The quantitative estimate of drug-likeness (QED) is 0.640. The van der Waals surface area contributed by atoms with E-state index in [1.807, 2.05) is 0 Å². The highest BCUT2D eigenvalue weighted by Crippen LogP contribution is 2.31. The number of esters is 1. The third kappa shape index (κ3) is 2.49. The number of imide groups is 1. The summed E-state index contributed by atoms with van der Waals surface area (Å²) >= 11 is 6.01. The predicted molar refractivity (Wildman–Crippen MR) is 85.0 cm³/mol. The van der Waals surface area contributed by atoms with Gasteiger partial charge < -0.3 is 4.74 Å². The summed E-state index contributed by atoms with van der Waals surface area (Å²) in [6.45, 7) is 1.88. The van der Waals surface area contributed by atoms with Crippen molar-refractivity contribution < 1.29 is 19.1 Å². The molecule has 0 saturated carbocycles. The highest BCUT2D eigenvalue weighted by Gasteiger charge is 2.36. The maximum atomic E-state index is 12.5. The van der Waals surface area contributed by atoms with E-state index in [-0.39, 0.29) is 22.9 Å². The van der Waals surface area contributed by atoms with Crippen LogP contribution in [0.4, 0.5) is 5.69 Å². The van der Waals surface area contributed by atoms with E-state index in [1.54, 1.807) is 31.2 Å². The summed E-state index contributed by atoms with van der Waals surface area (Å²) in [6.07, 6.45) is 0. The fourth-order valence-corrected chi connectivity index (χ4v) is 2.64. The molecule has 2 amide bonds. The molecule has 0 N–H and O–H groups in total. The number of ether oxygens (including phenoxy) is 1. The molecule has 116 valence electrons. The zero-order chi connectivity index (χ0) is 16.6. The van der Waals surface area contributed by atoms with Gasteiger partial charge >= 0.3 is 5.97 Å². The molecular formula is C17H12ClNO4. The van der Waals surface area contributed by atoms with E-state index in [0.717, 1.165) is 4.90 Å². The topological polar surface area (TPSA) is 63.7 Å². The molecule has 2 aromatic rings. The van der Waals surface area contributed by atoms with Gasteiger partial charge in [-0.05, 0) is 37.3 Å². The van der Waals surface area contributed by atoms with Crippen LogP contribution in [0, 0.1) is 0 Å². The first-order valence-corrected chi connectivity index (χ1v) is 7.37. The Morgan fingerprint density at radius 3 is 2.26 bits per heavy atom. The van der Waals surface area contributed by atoms with Gasteiger partial charge in [0, 0.05) is 0 Å². The van der Waals surface area contributed by atoms with Crippen molar-refractivity contribution in [1.29, 1.82) is 0 Å². The smallest absolute Gasteiger partial charge is 0.339 e. The molecule has 1 aliphatic heterocycles. The highest BCUT2D eigenvalue weighted by molar-refractivity contribution is 6.36. The van der Waals surface area contributed by atoms with Crippen LogP contribution in [0.1, 0.15) is 38.0 Å². The number of fused-ring (bicyclic) bond motifs is 1. The maximum absolute atomic E-state index is 12.5. The van der Waals surface area contributed by atoms with Crippen LogP contribution in [0.2, 0.25) is 5.02 Å². The van der Waals surface area contributed by atoms with Crippen LogP contribution in [-0.4, -0.2) is 24.4 Å². The average molecular weight is 330 g/mol. The van der Waals surface area contributed by atoms with Gasteiger partial charge in [0.25, 0.3) is 11.8 Å². The molecule has 23 heavy (non-hydrogen) atoms. The Labute approximate surface area is 137 Å². The molecule has 0 unspecified atom stereocenters. The molecular weight excluding hydrogens is 318 g/mol. The number of hydrogen-bond acceptors (Lipinski definition) is 4. The van der Waals surface area contributed by atoms with Crippen molar-refractivity contribution in [1.82, 2.24) is 0 Å². The number of anilines is 1. The standard InChI is InChI=1S/C17H12ClNO4/c1-2-23-17(22)13-9-10(7-8-14(13)18)19-15(20)11-5-3-4-6-12(11)16(19)21/h3-9H,2H2,1H3. The Morgan fingerprint density at radius 2 is 1.70 bits per heavy atom. The van der Waals surface area contributed by atoms with Crippen molar-refractivity contribution in [2.45, 2.75) is 6.92 Å². The van der Waals surface area contributed by atoms with Gasteiger partial charge in [-0.2, -0.15) is 0 Å². The first-order chi connectivity index (χ1) is 11.0. The van der Waals surface area contributed by atoms with E-state index in [2.05, 4.69) is 0 Å². The first kappa shape index (κ1) is 15.2. The lowest BCUT2D eigenvalue weighted by Gasteiger charge is -2.15. The van der Waals surface area contributed by atoms with E-state index in [9.17, 15) is 14.4 Å². The zero-order valence-electron chi connectivity index (χ0n) is 12.2. The number of carbonyl (C=O) groups is 3. The summed E-state index contributed by atoms with van der Waals surface area (Å²) in [6, 6.07) is 11.0. The van der Waals surface area contributed by atoms with E-state index < -0.39 is 17.8 Å². The minimum atomic E-state index is -0.601. The van der Waals surface area contributed by atoms with E-state index in [4.69, 9.17) is 16.3 Å². The van der Waals surface area contributed by atoms with E-state index in [0.29, 0.717) is 11.1 Å². The monoisotopic (exact) mass is 329 g/mol. The maximum Gasteiger partial charge on any atom is 0.339 e. The number of nitrogens with zero attached hydrogens (tertiary/aromatic N) is 1. The lowest BCUT2D eigenvalue weighted by Crippen LogP contribution is -2.29.